The van der Waals surface area contributed by atoms with Crippen LogP contribution in [-0.4, -0.2) is 10.9 Å². The number of hydrogen-bond donors (Lipinski definition) is 0. The Bertz CT molecular complexity index is 501. The van der Waals surface area contributed by atoms with Gasteiger partial charge in [-0.15, -0.1) is 0 Å². The average Bonchev–Trinajstić information content (AvgIpc) is 2.51. The van der Waals surface area contributed by atoms with Gasteiger partial charge in [0.2, 0.25) is 0 Å². The van der Waals surface area contributed by atoms with Crippen molar-refractivity contribution >= 4 is 39.2 Å². The molecule has 0 amide bonds. The zero-order valence-electron chi connectivity index (χ0n) is 8.27. The monoisotopic (exact) mass is 263 g/mol. The quantitative estimate of drug-likeness (QED) is 0.603. The Morgan fingerprint density at radius 3 is 2.73 bits per heavy atom. The molecule has 1 heterocycles. The van der Waals surface area contributed by atoms with Gasteiger partial charge in [0, 0.05) is 18.0 Å². The number of allylic oxidation sites excluding steroid dienone is 1. The molecule has 0 radical (unpaired) electrons. The average molecular weight is 264 g/mol. The molecule has 2 rings (SSSR count). The van der Waals surface area contributed by atoms with Crippen molar-refractivity contribution in [2.24, 2.45) is 7.05 Å². The second-order valence-electron chi connectivity index (χ2n) is 3.27. The SMILES string of the molecule is Cn1c(/C=C/C=O)c(Br)c2ccccc21. The number of fused-ring (bicyclic) bond motifs is 1. The van der Waals surface area contributed by atoms with Gasteiger partial charge in [-0.05, 0) is 34.1 Å². The summed E-state index contributed by atoms with van der Waals surface area (Å²) in [6.07, 6.45) is 4.08. The van der Waals surface area contributed by atoms with Gasteiger partial charge < -0.3 is 4.57 Å². The number of aldehydes is 1. The highest BCUT2D eigenvalue weighted by Crippen LogP contribution is 2.30. The largest absolute Gasteiger partial charge is 0.343 e. The van der Waals surface area contributed by atoms with Crippen molar-refractivity contribution in [1.29, 1.82) is 0 Å². The zero-order valence-corrected chi connectivity index (χ0v) is 9.86. The smallest absolute Gasteiger partial charge is 0.142 e. The number of aryl methyl sites for hydroxylation is 1. The number of nitrogens with zero attached hydrogens (tertiary/aromatic N) is 1. The minimum Gasteiger partial charge on any atom is -0.343 e. The molecule has 76 valence electrons. The lowest BCUT2D eigenvalue weighted by molar-refractivity contribution is -0.104. The first kappa shape index (κ1) is 10.2. The van der Waals surface area contributed by atoms with E-state index in [0.29, 0.717) is 0 Å². The van der Waals surface area contributed by atoms with Crippen LogP contribution in [-0.2, 0) is 11.8 Å². The molecule has 0 N–H and O–H groups in total. The summed E-state index contributed by atoms with van der Waals surface area (Å²) in [4.78, 5) is 10.3. The maximum absolute atomic E-state index is 10.3. The minimum absolute atomic E-state index is 0.782. The van der Waals surface area contributed by atoms with Crippen LogP contribution >= 0.6 is 15.9 Å². The summed E-state index contributed by atoms with van der Waals surface area (Å²) in [6.45, 7) is 0. The molecule has 0 saturated carbocycles. The van der Waals surface area contributed by atoms with Crippen LogP contribution < -0.4 is 0 Å². The summed E-state index contributed by atoms with van der Waals surface area (Å²) in [5, 5.41) is 1.16. The molecule has 0 atom stereocenters. The van der Waals surface area contributed by atoms with Crippen LogP contribution in [0.4, 0.5) is 0 Å². The summed E-state index contributed by atoms with van der Waals surface area (Å²) in [6, 6.07) is 8.11. The normalized spacial score (nSPS) is 11.3. The number of carbonyl (C=O) groups is 1. The van der Waals surface area contributed by atoms with Crippen LogP contribution in [0.15, 0.2) is 34.8 Å². The van der Waals surface area contributed by atoms with E-state index in [1.165, 1.54) is 6.08 Å². The highest BCUT2D eigenvalue weighted by Gasteiger charge is 2.09. The second kappa shape index (κ2) is 4.03. The number of benzene rings is 1. The highest BCUT2D eigenvalue weighted by molar-refractivity contribution is 9.10. The van der Waals surface area contributed by atoms with E-state index < -0.39 is 0 Å². The molecule has 0 unspecified atom stereocenters. The van der Waals surface area contributed by atoms with Gasteiger partial charge in [0.25, 0.3) is 0 Å². The van der Waals surface area contributed by atoms with Crippen LogP contribution in [0.25, 0.3) is 17.0 Å². The van der Waals surface area contributed by atoms with Gasteiger partial charge in [-0.25, -0.2) is 0 Å². The molecule has 1 aromatic carbocycles. The van der Waals surface area contributed by atoms with E-state index in [2.05, 4.69) is 32.6 Å². The first-order valence-corrected chi connectivity index (χ1v) is 5.39. The van der Waals surface area contributed by atoms with E-state index in [0.717, 1.165) is 27.4 Å². The number of rotatable bonds is 2. The van der Waals surface area contributed by atoms with E-state index in [1.807, 2.05) is 19.2 Å². The molecular formula is C12H10BrNO. The Kier molecular flexibility index (Phi) is 2.73. The topological polar surface area (TPSA) is 22.0 Å². The van der Waals surface area contributed by atoms with Crippen LogP contribution in [0, 0.1) is 0 Å². The number of halogens is 1. The molecule has 3 heteroatoms. The van der Waals surface area contributed by atoms with Crippen molar-refractivity contribution in [2.75, 3.05) is 0 Å². The van der Waals surface area contributed by atoms with Crippen molar-refractivity contribution < 1.29 is 4.79 Å². The van der Waals surface area contributed by atoms with E-state index in [9.17, 15) is 4.79 Å². The fourth-order valence-electron chi connectivity index (χ4n) is 1.68. The molecule has 2 aromatic rings. The lowest BCUT2D eigenvalue weighted by Crippen LogP contribution is -1.89. The fourth-order valence-corrected chi connectivity index (χ4v) is 2.42. The Morgan fingerprint density at radius 2 is 2.07 bits per heavy atom. The van der Waals surface area contributed by atoms with Gasteiger partial charge in [-0.1, -0.05) is 18.2 Å². The first-order valence-electron chi connectivity index (χ1n) is 4.60. The van der Waals surface area contributed by atoms with E-state index in [4.69, 9.17) is 0 Å². The summed E-state index contributed by atoms with van der Waals surface area (Å²) in [5.41, 5.74) is 2.15. The van der Waals surface area contributed by atoms with Gasteiger partial charge in [0.1, 0.15) is 6.29 Å². The van der Waals surface area contributed by atoms with Gasteiger partial charge in [0.15, 0.2) is 0 Å². The standard InChI is InChI=1S/C12H10BrNO/c1-14-10-6-3-2-5-9(10)12(13)11(14)7-4-8-15/h2-8H,1H3/b7-4+. The van der Waals surface area contributed by atoms with Crippen molar-refractivity contribution in [2.45, 2.75) is 0 Å². The molecule has 0 aliphatic carbocycles. The first-order chi connectivity index (χ1) is 7.25. The highest BCUT2D eigenvalue weighted by atomic mass is 79.9. The Morgan fingerprint density at radius 1 is 1.33 bits per heavy atom. The molecule has 2 nitrogen and oxygen atoms in total. The third-order valence-corrected chi connectivity index (χ3v) is 3.25. The molecule has 0 spiro atoms. The number of aromatic nitrogens is 1. The zero-order chi connectivity index (χ0) is 10.8. The molecule has 1 aromatic heterocycles. The van der Waals surface area contributed by atoms with Gasteiger partial charge in [-0.2, -0.15) is 0 Å². The molecule has 0 bridgehead atoms. The van der Waals surface area contributed by atoms with Crippen LogP contribution in [0.5, 0.6) is 0 Å². The Balaban J connectivity index is 2.74. The van der Waals surface area contributed by atoms with Crippen molar-refractivity contribution in [3.63, 3.8) is 0 Å². The van der Waals surface area contributed by atoms with Crippen molar-refractivity contribution in [3.05, 3.63) is 40.5 Å². The van der Waals surface area contributed by atoms with Crippen LogP contribution in [0.2, 0.25) is 0 Å². The predicted octanol–water partition coefficient (Wildman–Crippen LogP) is 3.15. The fraction of sp³-hybridized carbons (Fsp3) is 0.0833. The molecular weight excluding hydrogens is 254 g/mol. The van der Waals surface area contributed by atoms with Gasteiger partial charge in [0.05, 0.1) is 10.2 Å². The summed E-state index contributed by atoms with van der Waals surface area (Å²) in [5.74, 6) is 0. The summed E-state index contributed by atoms with van der Waals surface area (Å²) in [7, 11) is 1.98. The van der Waals surface area contributed by atoms with Crippen LogP contribution in [0.3, 0.4) is 0 Å². The number of carbonyl (C=O) groups excluding carboxylic acids is 1. The Hall–Kier alpha value is -1.35. The van der Waals surface area contributed by atoms with E-state index in [1.54, 1.807) is 6.08 Å². The third kappa shape index (κ3) is 1.63. The lowest BCUT2D eigenvalue weighted by Gasteiger charge is -1.98. The maximum Gasteiger partial charge on any atom is 0.142 e. The molecule has 15 heavy (non-hydrogen) atoms. The van der Waals surface area contributed by atoms with Gasteiger partial charge >= 0.3 is 0 Å². The van der Waals surface area contributed by atoms with E-state index >= 15 is 0 Å². The number of para-hydroxylation sites is 1. The maximum atomic E-state index is 10.3. The van der Waals surface area contributed by atoms with Crippen molar-refractivity contribution in [1.82, 2.24) is 4.57 Å². The predicted molar refractivity (Wildman–Crippen MR) is 65.7 cm³/mol. The molecule has 0 fully saturated rings. The van der Waals surface area contributed by atoms with Crippen molar-refractivity contribution in [3.8, 4) is 0 Å². The molecule has 0 saturated heterocycles. The molecule has 0 aliphatic rings. The van der Waals surface area contributed by atoms with Gasteiger partial charge in [-0.3, -0.25) is 4.79 Å². The van der Waals surface area contributed by atoms with Crippen LogP contribution in [0.1, 0.15) is 5.69 Å². The summed E-state index contributed by atoms with van der Waals surface area (Å²) < 4.78 is 3.08. The third-order valence-electron chi connectivity index (χ3n) is 2.42. The number of hydrogen-bond acceptors (Lipinski definition) is 1. The minimum atomic E-state index is 0.782. The van der Waals surface area contributed by atoms with E-state index in [-0.39, 0.29) is 0 Å². The lowest BCUT2D eigenvalue weighted by atomic mass is 10.2. The summed E-state index contributed by atoms with van der Waals surface area (Å²) >= 11 is 3.54. The Labute approximate surface area is 96.3 Å². The molecule has 0 aliphatic heterocycles. The second-order valence-corrected chi connectivity index (χ2v) is 4.06.